The quantitative estimate of drug-likeness (QED) is 0.670. The van der Waals surface area contributed by atoms with E-state index in [1.165, 1.54) is 11.3 Å². The van der Waals surface area contributed by atoms with Crippen LogP contribution < -0.4 is 4.90 Å². The van der Waals surface area contributed by atoms with E-state index in [4.69, 9.17) is 0 Å². The van der Waals surface area contributed by atoms with Crippen molar-refractivity contribution < 1.29 is 0 Å². The first-order valence-corrected chi connectivity index (χ1v) is 9.72. The van der Waals surface area contributed by atoms with Gasteiger partial charge in [-0.15, -0.1) is 0 Å². The maximum absolute atomic E-state index is 4.14. The third-order valence-electron chi connectivity index (χ3n) is 4.42. The van der Waals surface area contributed by atoms with Crippen molar-refractivity contribution in [2.24, 2.45) is 0 Å². The molecule has 0 radical (unpaired) electrons. The molecule has 1 aliphatic heterocycles. The van der Waals surface area contributed by atoms with E-state index in [9.17, 15) is 0 Å². The molecule has 0 spiro atoms. The van der Waals surface area contributed by atoms with Crippen molar-refractivity contribution in [3.8, 4) is 0 Å². The lowest BCUT2D eigenvalue weighted by molar-refractivity contribution is 0.593. The predicted octanol–water partition coefficient (Wildman–Crippen LogP) is 5.01. The Balaban J connectivity index is 1.75. The van der Waals surface area contributed by atoms with Gasteiger partial charge in [-0.1, -0.05) is 28.1 Å². The third kappa shape index (κ3) is 2.88. The topological polar surface area (TPSA) is 31.9 Å². The minimum absolute atomic E-state index is 0.400. The van der Waals surface area contributed by atoms with Crippen LogP contribution >= 0.6 is 27.7 Å². The van der Waals surface area contributed by atoms with Crippen LogP contribution in [-0.2, 0) is 0 Å². The van der Waals surface area contributed by atoms with Gasteiger partial charge in [0.1, 0.15) is 0 Å². The third-order valence-corrected chi connectivity index (χ3v) is 6.22. The summed E-state index contributed by atoms with van der Waals surface area (Å²) < 4.78 is 1.13. The molecule has 3 nitrogen and oxygen atoms in total. The SMILES string of the molecule is CC1CSCC(c2ccc(Br)cc2)N1c1ccc2cn[nH]c2c1. The van der Waals surface area contributed by atoms with Crippen LogP contribution in [0.1, 0.15) is 18.5 Å². The molecule has 3 aromatic rings. The number of hydrogen-bond donors (Lipinski definition) is 1. The van der Waals surface area contributed by atoms with Crippen LogP contribution in [0.15, 0.2) is 53.1 Å². The van der Waals surface area contributed by atoms with Gasteiger partial charge in [-0.25, -0.2) is 0 Å². The predicted molar refractivity (Wildman–Crippen MR) is 102 cm³/mol. The molecule has 2 atom stereocenters. The van der Waals surface area contributed by atoms with Crippen LogP contribution in [-0.4, -0.2) is 27.7 Å². The van der Waals surface area contributed by atoms with E-state index in [0.717, 1.165) is 26.9 Å². The van der Waals surface area contributed by atoms with Gasteiger partial charge in [0, 0.05) is 33.1 Å². The van der Waals surface area contributed by atoms with E-state index in [1.54, 1.807) is 0 Å². The van der Waals surface area contributed by atoms with Crippen molar-refractivity contribution in [1.82, 2.24) is 10.2 Å². The molecule has 5 heteroatoms. The summed E-state index contributed by atoms with van der Waals surface area (Å²) in [5, 5.41) is 8.39. The summed E-state index contributed by atoms with van der Waals surface area (Å²) in [5.74, 6) is 2.28. The standard InChI is InChI=1S/C18H18BrN3S/c1-12-10-23-11-18(13-2-5-15(19)6-3-13)22(12)16-7-4-14-9-20-21-17(14)8-16/h2-9,12,18H,10-11H2,1H3,(H,20,21). The van der Waals surface area contributed by atoms with Gasteiger partial charge in [-0.3, -0.25) is 5.10 Å². The van der Waals surface area contributed by atoms with E-state index in [0.29, 0.717) is 12.1 Å². The maximum Gasteiger partial charge on any atom is 0.0670 e. The number of nitrogens with one attached hydrogen (secondary N) is 1. The molecule has 1 aliphatic rings. The Hall–Kier alpha value is -1.46. The summed E-state index contributed by atoms with van der Waals surface area (Å²) in [4.78, 5) is 2.56. The van der Waals surface area contributed by atoms with Crippen LogP contribution in [0.5, 0.6) is 0 Å². The number of H-pyrrole nitrogens is 1. The van der Waals surface area contributed by atoms with Crippen molar-refractivity contribution in [1.29, 1.82) is 0 Å². The number of hydrogen-bond acceptors (Lipinski definition) is 3. The van der Waals surface area contributed by atoms with E-state index in [-0.39, 0.29) is 0 Å². The first kappa shape index (κ1) is 15.1. The van der Waals surface area contributed by atoms with Gasteiger partial charge in [0.2, 0.25) is 0 Å². The molecule has 23 heavy (non-hydrogen) atoms. The van der Waals surface area contributed by atoms with Crippen molar-refractivity contribution in [3.05, 3.63) is 58.7 Å². The Bertz CT molecular complexity index is 815. The van der Waals surface area contributed by atoms with E-state index in [2.05, 4.69) is 80.4 Å². The average molecular weight is 388 g/mol. The molecule has 1 fully saturated rings. The summed E-state index contributed by atoms with van der Waals surface area (Å²) in [5.41, 5.74) is 3.74. The van der Waals surface area contributed by atoms with Crippen LogP contribution in [0.3, 0.4) is 0 Å². The Kier molecular flexibility index (Phi) is 4.07. The van der Waals surface area contributed by atoms with Crippen LogP contribution in [0.2, 0.25) is 0 Å². The molecule has 2 unspecified atom stereocenters. The largest absolute Gasteiger partial charge is 0.360 e. The lowest BCUT2D eigenvalue weighted by Crippen LogP contribution is -2.43. The molecule has 1 aromatic heterocycles. The molecule has 2 heterocycles. The molecule has 1 N–H and O–H groups in total. The molecule has 0 amide bonds. The first-order chi connectivity index (χ1) is 11.2. The number of aromatic nitrogens is 2. The number of benzene rings is 2. The number of fused-ring (bicyclic) bond motifs is 1. The molecular weight excluding hydrogens is 370 g/mol. The minimum Gasteiger partial charge on any atom is -0.360 e. The lowest BCUT2D eigenvalue weighted by atomic mass is 10.0. The molecule has 118 valence electrons. The molecule has 4 rings (SSSR count). The number of aromatic amines is 1. The van der Waals surface area contributed by atoms with E-state index >= 15 is 0 Å². The molecule has 2 aromatic carbocycles. The van der Waals surface area contributed by atoms with Crippen molar-refractivity contribution in [2.45, 2.75) is 19.0 Å². The van der Waals surface area contributed by atoms with Gasteiger partial charge >= 0.3 is 0 Å². The van der Waals surface area contributed by atoms with Crippen molar-refractivity contribution in [2.75, 3.05) is 16.4 Å². The highest BCUT2D eigenvalue weighted by Crippen LogP contribution is 2.38. The van der Waals surface area contributed by atoms with Gasteiger partial charge in [-0.05, 0) is 42.8 Å². The Morgan fingerprint density at radius 2 is 2.00 bits per heavy atom. The highest BCUT2D eigenvalue weighted by atomic mass is 79.9. The zero-order valence-electron chi connectivity index (χ0n) is 12.9. The number of nitrogens with zero attached hydrogens (tertiary/aromatic N) is 2. The van der Waals surface area contributed by atoms with Crippen LogP contribution in [0.4, 0.5) is 5.69 Å². The summed E-state index contributed by atoms with van der Waals surface area (Å²) in [6, 6.07) is 16.2. The summed E-state index contributed by atoms with van der Waals surface area (Å²) >= 11 is 5.57. The highest BCUT2D eigenvalue weighted by molar-refractivity contribution is 9.10. The highest BCUT2D eigenvalue weighted by Gasteiger charge is 2.29. The number of thioether (sulfide) groups is 1. The fraction of sp³-hybridized carbons (Fsp3) is 0.278. The van der Waals surface area contributed by atoms with Gasteiger partial charge in [0.15, 0.2) is 0 Å². The summed E-state index contributed by atoms with van der Waals surface area (Å²) in [7, 11) is 0. The minimum atomic E-state index is 0.400. The second-order valence-electron chi connectivity index (χ2n) is 6.00. The Morgan fingerprint density at radius 3 is 2.83 bits per heavy atom. The smallest absolute Gasteiger partial charge is 0.0670 e. The van der Waals surface area contributed by atoms with E-state index in [1.807, 2.05) is 18.0 Å². The van der Waals surface area contributed by atoms with Crippen LogP contribution in [0.25, 0.3) is 10.9 Å². The first-order valence-electron chi connectivity index (χ1n) is 7.77. The average Bonchev–Trinajstić information content (AvgIpc) is 3.03. The molecule has 0 bridgehead atoms. The van der Waals surface area contributed by atoms with Crippen molar-refractivity contribution in [3.63, 3.8) is 0 Å². The van der Waals surface area contributed by atoms with Gasteiger partial charge in [0.25, 0.3) is 0 Å². The molecule has 0 aliphatic carbocycles. The Labute approximate surface area is 148 Å². The zero-order valence-corrected chi connectivity index (χ0v) is 15.3. The fourth-order valence-corrected chi connectivity index (χ4v) is 4.76. The second kappa shape index (κ2) is 6.21. The lowest BCUT2D eigenvalue weighted by Gasteiger charge is -2.42. The monoisotopic (exact) mass is 387 g/mol. The van der Waals surface area contributed by atoms with E-state index < -0.39 is 0 Å². The van der Waals surface area contributed by atoms with Gasteiger partial charge < -0.3 is 4.90 Å². The zero-order chi connectivity index (χ0) is 15.8. The molecular formula is C18H18BrN3S. The Morgan fingerprint density at radius 1 is 1.17 bits per heavy atom. The van der Waals surface area contributed by atoms with Crippen LogP contribution in [0, 0.1) is 0 Å². The summed E-state index contributed by atoms with van der Waals surface area (Å²) in [6.07, 6.45) is 1.88. The maximum atomic E-state index is 4.14. The second-order valence-corrected chi connectivity index (χ2v) is 7.99. The number of rotatable bonds is 2. The van der Waals surface area contributed by atoms with Crippen molar-refractivity contribution >= 4 is 44.3 Å². The fourth-order valence-electron chi connectivity index (χ4n) is 3.28. The van der Waals surface area contributed by atoms with Gasteiger partial charge in [-0.2, -0.15) is 16.9 Å². The normalized spacial score (nSPS) is 21.7. The number of halogens is 1. The van der Waals surface area contributed by atoms with Gasteiger partial charge in [0.05, 0.1) is 17.8 Å². The molecule has 0 saturated carbocycles. The summed E-state index contributed by atoms with van der Waals surface area (Å²) in [6.45, 7) is 2.31. The molecule has 1 saturated heterocycles. The number of anilines is 1.